The number of aromatic nitrogens is 3. The number of likely N-dealkylation sites (N-methyl/N-ethyl adjacent to an activating group) is 1. The number of sulfonamides is 1. The van der Waals surface area contributed by atoms with Crippen LogP contribution in [0.1, 0.15) is 5.56 Å². The van der Waals surface area contributed by atoms with Crippen LogP contribution >= 0.6 is 11.6 Å². The summed E-state index contributed by atoms with van der Waals surface area (Å²) < 4.78 is 32.6. The third-order valence-corrected chi connectivity index (χ3v) is 10.6. The van der Waals surface area contributed by atoms with Gasteiger partial charge in [0, 0.05) is 28.6 Å². The number of nitrogens with two attached hydrogens (primary N) is 1. The average Bonchev–Trinajstić information content (AvgIpc) is 3.51. The fraction of sp³-hybridized carbons (Fsp3) is 0.167. The Balaban J connectivity index is 1.11. The van der Waals surface area contributed by atoms with E-state index in [0.717, 1.165) is 48.3 Å². The molecule has 6 aromatic rings. The van der Waals surface area contributed by atoms with E-state index in [0.29, 0.717) is 22.6 Å². The first-order valence-corrected chi connectivity index (χ1v) is 17.2. The van der Waals surface area contributed by atoms with E-state index in [1.807, 2.05) is 6.07 Å². The lowest BCUT2D eigenvalue weighted by molar-refractivity contribution is -0.923. The highest BCUT2D eigenvalue weighted by Gasteiger charge is 2.29. The molecule has 1 aliphatic rings. The molecule has 0 unspecified atom stereocenters. The van der Waals surface area contributed by atoms with Gasteiger partial charge in [-0.05, 0) is 35.4 Å². The molecule has 1 saturated heterocycles. The summed E-state index contributed by atoms with van der Waals surface area (Å²) in [6, 6.07) is 32.3. The lowest BCUT2D eigenvalue weighted by Gasteiger charge is -2.43. The number of halogens is 1. The molecule has 9 nitrogen and oxygen atoms in total. The lowest BCUT2D eigenvalue weighted by Crippen LogP contribution is -2.56. The molecule has 2 N–H and O–H groups in total. The van der Waals surface area contributed by atoms with Gasteiger partial charge in [-0.1, -0.05) is 90.5 Å². The number of nitrogens with zero attached hydrogens (tertiary/aromatic N) is 6. The number of benzene rings is 4. The summed E-state index contributed by atoms with van der Waals surface area (Å²) in [4.78, 5) is 7.15. The van der Waals surface area contributed by atoms with Gasteiger partial charge in [0.15, 0.2) is 5.65 Å². The van der Waals surface area contributed by atoms with E-state index in [2.05, 4.69) is 76.4 Å². The zero-order valence-electron chi connectivity index (χ0n) is 25.9. The minimum atomic E-state index is -4.02. The molecule has 238 valence electrons. The number of rotatable bonds is 8. The smallest absolute Gasteiger partial charge is 0.165 e. The van der Waals surface area contributed by atoms with Crippen LogP contribution in [-0.4, -0.2) is 60.7 Å². The SMILES string of the molecule is C[N+]1(Cc2ccccc2)CCN(c2cccc(-c3cnn4c(N)c(-c5cccc([N-]S(=O)(=O)c6ccccc6Cl)c5)cnc34)c2)CC1. The van der Waals surface area contributed by atoms with Crippen molar-refractivity contribution < 1.29 is 12.9 Å². The second-order valence-corrected chi connectivity index (χ2v) is 14.1. The van der Waals surface area contributed by atoms with Crippen molar-refractivity contribution in [1.29, 1.82) is 0 Å². The van der Waals surface area contributed by atoms with Gasteiger partial charge in [-0.15, -0.1) is 5.69 Å². The Hall–Kier alpha value is -4.90. The lowest BCUT2D eigenvalue weighted by atomic mass is 10.1. The molecule has 0 bridgehead atoms. The molecule has 0 amide bonds. The molecular formula is C36H34ClN7O2S. The van der Waals surface area contributed by atoms with Crippen LogP contribution in [0, 0.1) is 0 Å². The van der Waals surface area contributed by atoms with Gasteiger partial charge in [-0.3, -0.25) is 0 Å². The number of fused-ring (bicyclic) bond motifs is 1. The van der Waals surface area contributed by atoms with Gasteiger partial charge >= 0.3 is 0 Å². The highest BCUT2D eigenvalue weighted by atomic mass is 35.5. The van der Waals surface area contributed by atoms with Crippen LogP contribution in [0.25, 0.3) is 32.6 Å². The van der Waals surface area contributed by atoms with E-state index in [1.54, 1.807) is 47.2 Å². The van der Waals surface area contributed by atoms with Crippen LogP contribution in [0.2, 0.25) is 5.02 Å². The maximum absolute atomic E-state index is 13.0. The minimum absolute atomic E-state index is 0.0520. The predicted octanol–water partition coefficient (Wildman–Crippen LogP) is 7.16. The highest BCUT2D eigenvalue weighted by Crippen LogP contribution is 2.36. The van der Waals surface area contributed by atoms with E-state index >= 15 is 0 Å². The molecule has 1 aliphatic heterocycles. The van der Waals surface area contributed by atoms with Crippen LogP contribution in [0.15, 0.2) is 120 Å². The highest BCUT2D eigenvalue weighted by molar-refractivity contribution is 7.94. The molecule has 3 heterocycles. The molecule has 7 rings (SSSR count). The third kappa shape index (κ3) is 6.27. The summed E-state index contributed by atoms with van der Waals surface area (Å²) in [6.07, 6.45) is 3.48. The Morgan fingerprint density at radius 3 is 2.32 bits per heavy atom. The van der Waals surface area contributed by atoms with E-state index in [9.17, 15) is 8.42 Å². The standard InChI is InChI=1S/C36H34ClN7O2S/c1-44(25-26-9-3-2-4-10-26)19-17-42(18-20-44)30-14-8-12-28(22-30)32-24-40-43-35(38)31(23-39-36(32)43)27-11-7-13-29(21-27)41-47(45,46)34-16-6-5-15-33(34)37/h2-16,21-24H,17-20,25,38H2,1H3. The molecule has 2 aromatic heterocycles. The molecule has 47 heavy (non-hydrogen) atoms. The van der Waals surface area contributed by atoms with Crippen molar-refractivity contribution in [3.05, 3.63) is 131 Å². The summed E-state index contributed by atoms with van der Waals surface area (Å²) in [5.41, 5.74) is 13.2. The van der Waals surface area contributed by atoms with Crippen LogP contribution in [-0.2, 0) is 16.6 Å². The van der Waals surface area contributed by atoms with Crippen molar-refractivity contribution >= 4 is 44.5 Å². The molecule has 0 saturated carbocycles. The number of piperazine rings is 1. The van der Waals surface area contributed by atoms with E-state index in [1.165, 1.54) is 23.4 Å². The molecule has 0 spiro atoms. The Labute approximate surface area is 279 Å². The summed E-state index contributed by atoms with van der Waals surface area (Å²) >= 11 is 6.13. The summed E-state index contributed by atoms with van der Waals surface area (Å²) in [5, 5.41) is 4.71. The van der Waals surface area contributed by atoms with Crippen LogP contribution < -0.4 is 10.6 Å². The summed E-state index contributed by atoms with van der Waals surface area (Å²) in [5.74, 6) is 0.384. The number of nitrogen functional groups attached to an aromatic ring is 1. The summed E-state index contributed by atoms with van der Waals surface area (Å²) in [7, 11) is -1.68. The second kappa shape index (κ2) is 12.4. The number of hydrogen-bond donors (Lipinski definition) is 1. The Kier molecular flexibility index (Phi) is 8.09. The predicted molar refractivity (Wildman–Crippen MR) is 188 cm³/mol. The van der Waals surface area contributed by atoms with Gasteiger partial charge in [0.1, 0.15) is 22.4 Å². The van der Waals surface area contributed by atoms with Crippen LogP contribution in [0.3, 0.4) is 0 Å². The Morgan fingerprint density at radius 2 is 1.55 bits per heavy atom. The van der Waals surface area contributed by atoms with Crippen molar-refractivity contribution in [1.82, 2.24) is 14.6 Å². The zero-order valence-corrected chi connectivity index (χ0v) is 27.4. The third-order valence-electron chi connectivity index (χ3n) is 8.81. The van der Waals surface area contributed by atoms with Crippen molar-refractivity contribution in [2.75, 3.05) is 43.9 Å². The quantitative estimate of drug-likeness (QED) is 0.173. The average molecular weight is 664 g/mol. The fourth-order valence-electron chi connectivity index (χ4n) is 6.21. The van der Waals surface area contributed by atoms with Crippen molar-refractivity contribution in [2.45, 2.75) is 11.4 Å². The molecule has 0 aliphatic carbocycles. The zero-order chi connectivity index (χ0) is 32.6. The molecule has 4 aromatic carbocycles. The van der Waals surface area contributed by atoms with Crippen LogP contribution in [0.5, 0.6) is 0 Å². The summed E-state index contributed by atoms with van der Waals surface area (Å²) in [6.45, 7) is 5.11. The number of hydrogen-bond acceptors (Lipinski definition) is 6. The molecule has 11 heteroatoms. The van der Waals surface area contributed by atoms with Gasteiger partial charge in [-0.2, -0.15) is 9.61 Å². The van der Waals surface area contributed by atoms with Crippen molar-refractivity contribution in [3.8, 4) is 22.3 Å². The number of anilines is 2. The van der Waals surface area contributed by atoms with Crippen molar-refractivity contribution in [3.63, 3.8) is 0 Å². The van der Waals surface area contributed by atoms with E-state index < -0.39 is 10.0 Å². The van der Waals surface area contributed by atoms with Gasteiger partial charge in [0.25, 0.3) is 0 Å². The van der Waals surface area contributed by atoms with Gasteiger partial charge in [0.2, 0.25) is 0 Å². The van der Waals surface area contributed by atoms with Gasteiger partial charge in [0.05, 0.1) is 49.3 Å². The number of quaternary nitrogens is 1. The van der Waals surface area contributed by atoms with Gasteiger partial charge in [-0.25, -0.2) is 13.4 Å². The molecule has 1 fully saturated rings. The maximum atomic E-state index is 13.0. The van der Waals surface area contributed by atoms with E-state index in [4.69, 9.17) is 22.3 Å². The molecule has 0 radical (unpaired) electrons. The van der Waals surface area contributed by atoms with Crippen LogP contribution in [0.4, 0.5) is 17.2 Å². The first-order valence-electron chi connectivity index (χ1n) is 15.4. The largest absolute Gasteiger partial charge is 0.573 e. The molecule has 0 atom stereocenters. The van der Waals surface area contributed by atoms with E-state index in [-0.39, 0.29) is 15.6 Å². The fourth-order valence-corrected chi connectivity index (χ4v) is 7.69. The first kappa shape index (κ1) is 30.7. The molecular weight excluding hydrogens is 630 g/mol. The van der Waals surface area contributed by atoms with Crippen molar-refractivity contribution in [2.24, 2.45) is 0 Å². The normalized spacial score (nSPS) is 14.7. The maximum Gasteiger partial charge on any atom is 0.165 e. The van der Waals surface area contributed by atoms with Gasteiger partial charge < -0.3 is 19.8 Å². The minimum Gasteiger partial charge on any atom is -0.573 e. The second-order valence-electron chi connectivity index (χ2n) is 12.1. The monoisotopic (exact) mass is 663 g/mol. The topological polar surface area (TPSA) is 108 Å². The Morgan fingerprint density at radius 1 is 0.851 bits per heavy atom. The Bertz CT molecular complexity index is 2180. The first-order chi connectivity index (χ1) is 22.7.